The maximum Gasteiger partial charge on any atom is 0.337 e. The average molecular weight is 293 g/mol. The average Bonchev–Trinajstić information content (AvgIpc) is 2.38. The van der Waals surface area contributed by atoms with Gasteiger partial charge in [0.25, 0.3) is 0 Å². The van der Waals surface area contributed by atoms with Gasteiger partial charge in [-0.1, -0.05) is 11.6 Å². The number of aryl methyl sites for hydroxylation is 1. The first-order valence-corrected chi connectivity index (χ1v) is 6.32. The molecular weight excluding hydrogens is 274 g/mol. The van der Waals surface area contributed by atoms with Gasteiger partial charge in [0.1, 0.15) is 0 Å². The van der Waals surface area contributed by atoms with Crippen LogP contribution < -0.4 is 16.4 Å². The zero-order valence-electron chi connectivity index (χ0n) is 12.2. The van der Waals surface area contributed by atoms with Gasteiger partial charge in [-0.25, -0.2) is 9.59 Å². The third kappa shape index (κ3) is 4.48. The number of hydrogen-bond donors (Lipinski definition) is 4. The predicted molar refractivity (Wildman–Crippen MR) is 78.1 cm³/mol. The summed E-state index contributed by atoms with van der Waals surface area (Å²) in [6.45, 7) is 5.00. The van der Waals surface area contributed by atoms with Crippen LogP contribution in [-0.4, -0.2) is 29.6 Å². The van der Waals surface area contributed by atoms with E-state index in [0.717, 1.165) is 5.56 Å². The summed E-state index contributed by atoms with van der Waals surface area (Å²) >= 11 is 0. The second-order valence-corrected chi connectivity index (χ2v) is 5.41. The lowest BCUT2D eigenvalue weighted by molar-refractivity contribution is -0.125. The van der Waals surface area contributed by atoms with Crippen LogP contribution in [0.15, 0.2) is 18.2 Å². The highest BCUT2D eigenvalue weighted by Crippen LogP contribution is 2.17. The Morgan fingerprint density at radius 2 is 1.90 bits per heavy atom. The van der Waals surface area contributed by atoms with Gasteiger partial charge in [0.05, 0.1) is 16.7 Å². The van der Waals surface area contributed by atoms with Crippen LogP contribution in [0.25, 0.3) is 0 Å². The monoisotopic (exact) mass is 293 g/mol. The van der Waals surface area contributed by atoms with E-state index >= 15 is 0 Å². The number of benzene rings is 1. The fourth-order valence-electron chi connectivity index (χ4n) is 1.50. The number of urea groups is 1. The summed E-state index contributed by atoms with van der Waals surface area (Å²) in [4.78, 5) is 34.0. The Balaban J connectivity index is 2.76. The molecule has 0 radical (unpaired) electrons. The number of anilines is 1. The Bertz CT molecular complexity index is 582. The van der Waals surface area contributed by atoms with Gasteiger partial charge in [-0.05, 0) is 32.9 Å². The minimum Gasteiger partial charge on any atom is -0.478 e. The molecule has 0 aliphatic rings. The molecule has 0 bridgehead atoms. The highest BCUT2D eigenvalue weighted by atomic mass is 16.4. The molecule has 0 saturated carbocycles. The fourth-order valence-corrected chi connectivity index (χ4v) is 1.50. The van der Waals surface area contributed by atoms with Crippen molar-refractivity contribution in [2.24, 2.45) is 11.1 Å². The maximum atomic E-state index is 11.8. The van der Waals surface area contributed by atoms with Crippen LogP contribution in [0, 0.1) is 12.3 Å². The SMILES string of the molecule is Cc1ccc(NC(=O)NCC(C)(C)C(N)=O)c(C(=O)O)c1. The number of aromatic carboxylic acids is 1. The summed E-state index contributed by atoms with van der Waals surface area (Å²) in [5, 5.41) is 14.0. The molecule has 7 heteroatoms. The fraction of sp³-hybridized carbons (Fsp3) is 0.357. The van der Waals surface area contributed by atoms with Crippen molar-refractivity contribution >= 4 is 23.6 Å². The summed E-state index contributed by atoms with van der Waals surface area (Å²) in [6, 6.07) is 4.06. The molecule has 0 fully saturated rings. The van der Waals surface area contributed by atoms with Crippen LogP contribution in [-0.2, 0) is 4.79 Å². The van der Waals surface area contributed by atoms with Gasteiger partial charge in [-0.2, -0.15) is 0 Å². The molecule has 0 aliphatic heterocycles. The van der Waals surface area contributed by atoms with Crippen LogP contribution in [0.3, 0.4) is 0 Å². The number of carboxylic acids is 1. The summed E-state index contributed by atoms with van der Waals surface area (Å²) in [5.41, 5.74) is 5.27. The number of hydrogen-bond acceptors (Lipinski definition) is 3. The number of rotatable bonds is 5. The van der Waals surface area contributed by atoms with Crippen molar-refractivity contribution in [1.29, 1.82) is 0 Å². The van der Waals surface area contributed by atoms with Crippen LogP contribution in [0.1, 0.15) is 29.8 Å². The van der Waals surface area contributed by atoms with E-state index in [1.54, 1.807) is 26.8 Å². The number of nitrogens with two attached hydrogens (primary N) is 1. The first-order valence-electron chi connectivity index (χ1n) is 6.32. The lowest BCUT2D eigenvalue weighted by Gasteiger charge is -2.21. The van der Waals surface area contributed by atoms with E-state index in [1.807, 2.05) is 0 Å². The zero-order valence-corrected chi connectivity index (χ0v) is 12.2. The third-order valence-corrected chi connectivity index (χ3v) is 3.01. The first-order chi connectivity index (χ1) is 9.63. The molecule has 7 nitrogen and oxygen atoms in total. The van der Waals surface area contributed by atoms with Gasteiger partial charge in [0, 0.05) is 6.54 Å². The molecule has 0 spiro atoms. The van der Waals surface area contributed by atoms with E-state index in [0.29, 0.717) is 0 Å². The minimum absolute atomic E-state index is 0.000638. The van der Waals surface area contributed by atoms with Gasteiger partial charge in [-0.15, -0.1) is 0 Å². The van der Waals surface area contributed by atoms with E-state index in [-0.39, 0.29) is 17.8 Å². The number of carbonyl (C=O) groups is 3. The van der Waals surface area contributed by atoms with E-state index in [2.05, 4.69) is 10.6 Å². The molecule has 0 aromatic heterocycles. The van der Waals surface area contributed by atoms with Crippen molar-refractivity contribution < 1.29 is 19.5 Å². The topological polar surface area (TPSA) is 122 Å². The Labute approximate surface area is 122 Å². The van der Waals surface area contributed by atoms with E-state index < -0.39 is 23.3 Å². The highest BCUT2D eigenvalue weighted by Gasteiger charge is 2.25. The smallest absolute Gasteiger partial charge is 0.337 e. The molecule has 1 rings (SSSR count). The van der Waals surface area contributed by atoms with Crippen molar-refractivity contribution in [2.75, 3.05) is 11.9 Å². The lowest BCUT2D eigenvalue weighted by Crippen LogP contribution is -2.43. The van der Waals surface area contributed by atoms with Gasteiger partial charge < -0.3 is 21.5 Å². The van der Waals surface area contributed by atoms with E-state index in [9.17, 15) is 14.4 Å². The van der Waals surface area contributed by atoms with Gasteiger partial charge in [0.15, 0.2) is 0 Å². The standard InChI is InChI=1S/C14H19N3O4/c1-8-4-5-10(9(6-8)11(18)19)17-13(21)16-7-14(2,3)12(15)20/h4-6H,7H2,1-3H3,(H2,15,20)(H,18,19)(H2,16,17,21). The second-order valence-electron chi connectivity index (χ2n) is 5.41. The zero-order chi connectivity index (χ0) is 16.2. The lowest BCUT2D eigenvalue weighted by atomic mass is 9.93. The van der Waals surface area contributed by atoms with E-state index in [4.69, 9.17) is 10.8 Å². The van der Waals surface area contributed by atoms with Gasteiger partial charge in [0.2, 0.25) is 5.91 Å². The number of carbonyl (C=O) groups excluding carboxylic acids is 2. The molecule has 3 amide bonds. The predicted octanol–water partition coefficient (Wildman–Crippen LogP) is 1.33. The summed E-state index contributed by atoms with van der Waals surface area (Å²) in [7, 11) is 0. The molecule has 1 aromatic carbocycles. The Hall–Kier alpha value is -2.57. The van der Waals surface area contributed by atoms with Gasteiger partial charge in [-0.3, -0.25) is 4.79 Å². The first kappa shape index (κ1) is 16.5. The minimum atomic E-state index is -1.13. The van der Waals surface area contributed by atoms with Gasteiger partial charge >= 0.3 is 12.0 Å². The molecule has 0 heterocycles. The molecule has 0 saturated heterocycles. The van der Waals surface area contributed by atoms with Crippen LogP contribution in [0.2, 0.25) is 0 Å². The maximum absolute atomic E-state index is 11.8. The Morgan fingerprint density at radius 3 is 2.43 bits per heavy atom. The highest BCUT2D eigenvalue weighted by molar-refractivity contribution is 6.00. The van der Waals surface area contributed by atoms with Crippen molar-refractivity contribution in [1.82, 2.24) is 5.32 Å². The Kier molecular flexibility index (Phi) is 4.91. The number of carboxylic acid groups (broad SMARTS) is 1. The normalized spacial score (nSPS) is 10.8. The van der Waals surface area contributed by atoms with Crippen molar-refractivity contribution in [3.05, 3.63) is 29.3 Å². The van der Waals surface area contributed by atoms with Crippen LogP contribution in [0.4, 0.5) is 10.5 Å². The van der Waals surface area contributed by atoms with Crippen LogP contribution >= 0.6 is 0 Å². The molecule has 1 aromatic rings. The summed E-state index contributed by atoms with van der Waals surface area (Å²) in [6.07, 6.45) is 0. The molecule has 5 N–H and O–H groups in total. The van der Waals surface area contributed by atoms with Crippen molar-refractivity contribution in [3.63, 3.8) is 0 Å². The quantitative estimate of drug-likeness (QED) is 0.654. The van der Waals surface area contributed by atoms with Crippen LogP contribution in [0.5, 0.6) is 0 Å². The number of amides is 3. The second kappa shape index (κ2) is 6.25. The summed E-state index contributed by atoms with van der Waals surface area (Å²) in [5.74, 6) is -1.67. The Morgan fingerprint density at radius 1 is 1.29 bits per heavy atom. The molecule has 0 atom stereocenters. The number of nitrogens with one attached hydrogen (secondary N) is 2. The molecule has 0 aliphatic carbocycles. The van der Waals surface area contributed by atoms with E-state index in [1.165, 1.54) is 12.1 Å². The number of primary amides is 1. The molecule has 114 valence electrons. The largest absolute Gasteiger partial charge is 0.478 e. The molecule has 21 heavy (non-hydrogen) atoms. The molecular formula is C14H19N3O4. The van der Waals surface area contributed by atoms with Crippen molar-refractivity contribution in [2.45, 2.75) is 20.8 Å². The third-order valence-electron chi connectivity index (χ3n) is 3.01. The molecule has 0 unspecified atom stereocenters. The summed E-state index contributed by atoms with van der Waals surface area (Å²) < 4.78 is 0. The van der Waals surface area contributed by atoms with Crippen molar-refractivity contribution in [3.8, 4) is 0 Å².